The van der Waals surface area contributed by atoms with Crippen LogP contribution in [0, 0.1) is 0 Å². The van der Waals surface area contributed by atoms with E-state index in [1.54, 1.807) is 18.2 Å². The lowest BCUT2D eigenvalue weighted by Gasteiger charge is -2.07. The highest BCUT2D eigenvalue weighted by Crippen LogP contribution is 2.15. The zero-order chi connectivity index (χ0) is 17.9. The van der Waals surface area contributed by atoms with Crippen LogP contribution >= 0.6 is 15.9 Å². The molecule has 1 heterocycles. The van der Waals surface area contributed by atoms with Gasteiger partial charge in [-0.2, -0.15) is 0 Å². The molecule has 0 radical (unpaired) electrons. The van der Waals surface area contributed by atoms with Gasteiger partial charge in [-0.3, -0.25) is 4.79 Å². The van der Waals surface area contributed by atoms with E-state index >= 15 is 0 Å². The van der Waals surface area contributed by atoms with Crippen molar-refractivity contribution in [3.8, 4) is 0 Å². The first-order valence-electron chi connectivity index (χ1n) is 7.57. The largest absolute Gasteiger partial charge is 0.351 e. The minimum Gasteiger partial charge on any atom is -0.351 e. The number of fused-ring (bicyclic) bond motifs is 1. The molecule has 0 fully saturated rings. The minimum absolute atomic E-state index is 0.102. The molecule has 0 aliphatic rings. The predicted octanol–water partition coefficient (Wildman–Crippen LogP) is 2.64. The Morgan fingerprint density at radius 1 is 1.04 bits per heavy atom. The topological polar surface area (TPSA) is 91.1 Å². The second kappa shape index (κ2) is 7.38. The summed E-state index contributed by atoms with van der Waals surface area (Å²) in [5, 5.41) is 3.64. The molecule has 3 aromatic rings. The van der Waals surface area contributed by atoms with Gasteiger partial charge in [-0.05, 0) is 36.4 Å². The fourth-order valence-electron chi connectivity index (χ4n) is 2.35. The van der Waals surface area contributed by atoms with E-state index < -0.39 is 10.0 Å². The second-order valence-corrected chi connectivity index (χ2v) is 8.06. The molecule has 1 amide bonds. The molecule has 0 atom stereocenters. The van der Waals surface area contributed by atoms with Crippen LogP contribution < -0.4 is 10.0 Å². The third kappa shape index (κ3) is 4.28. The van der Waals surface area contributed by atoms with Crippen molar-refractivity contribution in [1.82, 2.24) is 15.0 Å². The molecular weight excluding hydrogens is 406 g/mol. The summed E-state index contributed by atoms with van der Waals surface area (Å²) in [6, 6.07) is 15.7. The molecule has 0 spiro atoms. The highest BCUT2D eigenvalue weighted by atomic mass is 79.9. The number of carbonyl (C=O) groups excluding carboxylic acids is 1. The number of para-hydroxylation sites is 1. The molecule has 0 aliphatic carbocycles. The molecule has 0 saturated carbocycles. The van der Waals surface area contributed by atoms with Crippen LogP contribution in [0.3, 0.4) is 0 Å². The third-order valence-electron chi connectivity index (χ3n) is 3.60. The lowest BCUT2D eigenvalue weighted by molar-refractivity contribution is 0.0950. The molecule has 8 heteroatoms. The summed E-state index contributed by atoms with van der Waals surface area (Å²) in [6.45, 7) is 0.286. The molecule has 6 nitrogen and oxygen atoms in total. The SMILES string of the molecule is O=C(NCCNS(=O)(=O)c1ccc(Br)cc1)c1cc2ccccc2[nH]1. The zero-order valence-corrected chi connectivity index (χ0v) is 15.5. The van der Waals surface area contributed by atoms with E-state index in [1.807, 2.05) is 24.3 Å². The Morgan fingerprint density at radius 2 is 1.76 bits per heavy atom. The summed E-state index contributed by atoms with van der Waals surface area (Å²) in [7, 11) is -3.59. The third-order valence-corrected chi connectivity index (χ3v) is 5.61. The Morgan fingerprint density at radius 3 is 2.48 bits per heavy atom. The van der Waals surface area contributed by atoms with Crippen LogP contribution in [0.25, 0.3) is 10.9 Å². The Labute approximate surface area is 153 Å². The average molecular weight is 422 g/mol. The number of aromatic nitrogens is 1. The van der Waals surface area contributed by atoms with E-state index in [1.165, 1.54) is 12.1 Å². The van der Waals surface area contributed by atoms with Crippen LogP contribution in [-0.4, -0.2) is 32.4 Å². The molecule has 0 aliphatic heterocycles. The first-order valence-corrected chi connectivity index (χ1v) is 9.84. The van der Waals surface area contributed by atoms with Crippen LogP contribution in [0.4, 0.5) is 0 Å². The minimum atomic E-state index is -3.59. The second-order valence-electron chi connectivity index (χ2n) is 5.38. The summed E-state index contributed by atoms with van der Waals surface area (Å²) in [6.07, 6.45) is 0. The molecule has 130 valence electrons. The lowest BCUT2D eigenvalue weighted by atomic mass is 10.2. The number of nitrogens with one attached hydrogen (secondary N) is 3. The summed E-state index contributed by atoms with van der Waals surface area (Å²) in [4.78, 5) is 15.3. The Balaban J connectivity index is 1.54. The number of carbonyl (C=O) groups is 1. The van der Waals surface area contributed by atoms with Crippen LogP contribution in [0.2, 0.25) is 0 Å². The van der Waals surface area contributed by atoms with Crippen molar-refractivity contribution in [2.45, 2.75) is 4.90 Å². The van der Waals surface area contributed by atoms with Crippen molar-refractivity contribution in [2.24, 2.45) is 0 Å². The Kier molecular flexibility index (Phi) is 5.22. The van der Waals surface area contributed by atoms with Gasteiger partial charge in [0.2, 0.25) is 10.0 Å². The van der Waals surface area contributed by atoms with E-state index in [4.69, 9.17) is 0 Å². The number of halogens is 1. The van der Waals surface area contributed by atoms with E-state index in [0.29, 0.717) is 5.69 Å². The fraction of sp³-hybridized carbons (Fsp3) is 0.118. The van der Waals surface area contributed by atoms with Crippen LogP contribution in [0.1, 0.15) is 10.5 Å². The molecule has 1 aromatic heterocycles. The summed E-state index contributed by atoms with van der Waals surface area (Å²) in [5.74, 6) is -0.279. The lowest BCUT2D eigenvalue weighted by Crippen LogP contribution is -2.34. The first kappa shape index (κ1) is 17.7. The molecule has 3 N–H and O–H groups in total. The number of benzene rings is 2. The summed E-state index contributed by atoms with van der Waals surface area (Å²) < 4.78 is 27.5. The monoisotopic (exact) mass is 421 g/mol. The van der Waals surface area contributed by atoms with Crippen LogP contribution in [0.5, 0.6) is 0 Å². The number of H-pyrrole nitrogens is 1. The molecule has 0 bridgehead atoms. The smallest absolute Gasteiger partial charge is 0.267 e. The van der Waals surface area contributed by atoms with Crippen molar-refractivity contribution in [1.29, 1.82) is 0 Å². The van der Waals surface area contributed by atoms with Crippen molar-refractivity contribution in [3.05, 3.63) is 64.8 Å². The molecule has 0 saturated heterocycles. The van der Waals surface area contributed by atoms with E-state index in [-0.39, 0.29) is 23.9 Å². The van der Waals surface area contributed by atoms with Gasteiger partial charge in [0.1, 0.15) is 5.69 Å². The van der Waals surface area contributed by atoms with Crippen molar-refractivity contribution >= 4 is 42.8 Å². The van der Waals surface area contributed by atoms with E-state index in [2.05, 4.69) is 31.0 Å². The molecule has 0 unspecified atom stereocenters. The normalized spacial score (nSPS) is 11.6. The number of aromatic amines is 1. The molecule has 2 aromatic carbocycles. The van der Waals surface area contributed by atoms with Gasteiger partial charge < -0.3 is 10.3 Å². The maximum Gasteiger partial charge on any atom is 0.267 e. The quantitative estimate of drug-likeness (QED) is 0.534. The van der Waals surface area contributed by atoms with Crippen molar-refractivity contribution in [3.63, 3.8) is 0 Å². The fourth-order valence-corrected chi connectivity index (χ4v) is 3.65. The van der Waals surface area contributed by atoms with Gasteiger partial charge >= 0.3 is 0 Å². The van der Waals surface area contributed by atoms with Gasteiger partial charge in [0.05, 0.1) is 4.90 Å². The van der Waals surface area contributed by atoms with Crippen molar-refractivity contribution < 1.29 is 13.2 Å². The predicted molar refractivity (Wildman–Crippen MR) is 100.0 cm³/mol. The first-order chi connectivity index (χ1) is 12.0. The maximum atomic E-state index is 12.1. The maximum absolute atomic E-state index is 12.1. The highest BCUT2D eigenvalue weighted by Gasteiger charge is 2.13. The number of rotatable bonds is 6. The zero-order valence-electron chi connectivity index (χ0n) is 13.1. The Hall–Kier alpha value is -2.16. The number of hydrogen-bond acceptors (Lipinski definition) is 3. The Bertz CT molecular complexity index is 964. The summed E-state index contributed by atoms with van der Waals surface area (Å²) in [5.41, 5.74) is 1.32. The van der Waals surface area contributed by atoms with Gasteiger partial charge in [-0.25, -0.2) is 13.1 Å². The standard InChI is InChI=1S/C17H16BrN3O3S/c18-13-5-7-14(8-6-13)25(23,24)20-10-9-19-17(22)16-11-12-3-1-2-4-15(12)21-16/h1-8,11,20-21H,9-10H2,(H,19,22). The van der Waals surface area contributed by atoms with Crippen molar-refractivity contribution in [2.75, 3.05) is 13.1 Å². The summed E-state index contributed by atoms with van der Waals surface area (Å²) >= 11 is 3.26. The molecular formula is C17H16BrN3O3S. The molecule has 3 rings (SSSR count). The highest BCUT2D eigenvalue weighted by molar-refractivity contribution is 9.10. The van der Waals surface area contributed by atoms with Gasteiger partial charge in [0.15, 0.2) is 0 Å². The van der Waals surface area contributed by atoms with Gasteiger partial charge in [0, 0.05) is 28.5 Å². The number of sulfonamides is 1. The van der Waals surface area contributed by atoms with Gasteiger partial charge in [-0.15, -0.1) is 0 Å². The van der Waals surface area contributed by atoms with Crippen LogP contribution in [-0.2, 0) is 10.0 Å². The van der Waals surface area contributed by atoms with Crippen LogP contribution in [0.15, 0.2) is 64.0 Å². The van der Waals surface area contributed by atoms with E-state index in [9.17, 15) is 13.2 Å². The van der Waals surface area contributed by atoms with Gasteiger partial charge in [0.25, 0.3) is 5.91 Å². The number of amides is 1. The average Bonchev–Trinajstić information content (AvgIpc) is 3.03. The molecule has 25 heavy (non-hydrogen) atoms. The van der Waals surface area contributed by atoms with E-state index in [0.717, 1.165) is 15.4 Å². The van der Waals surface area contributed by atoms with Gasteiger partial charge in [-0.1, -0.05) is 34.1 Å². The number of hydrogen-bond donors (Lipinski definition) is 3.